The van der Waals surface area contributed by atoms with Crippen molar-refractivity contribution in [2.75, 3.05) is 0 Å². The van der Waals surface area contributed by atoms with Crippen molar-refractivity contribution in [1.29, 1.82) is 0 Å². The molecule has 2 aliphatic carbocycles. The van der Waals surface area contributed by atoms with Gasteiger partial charge >= 0.3 is 0 Å². The Kier molecular flexibility index (Phi) is 6.61. The van der Waals surface area contributed by atoms with E-state index in [-0.39, 0.29) is 0 Å². The minimum Gasteiger partial charge on any atom is -0.216 e. The monoisotopic (exact) mass is 350 g/mol. The molecule has 0 aromatic heterocycles. The molecule has 0 nitrogen and oxygen atoms in total. The van der Waals surface area contributed by atoms with Crippen molar-refractivity contribution in [2.24, 2.45) is 17.8 Å². The summed E-state index contributed by atoms with van der Waals surface area (Å²) in [5.41, 5.74) is 0.955. The Hall–Kier alpha value is -1.25. The number of hydrogen-bond donors (Lipinski definition) is 0. The van der Waals surface area contributed by atoms with Gasteiger partial charge in [-0.15, -0.1) is 0 Å². The molecule has 3 rings (SSSR count). The SMILES string of the molecule is FC=CC1CCC(CCC2CCC(c3ccc(F)c(F)c3)CC2)CC1. The van der Waals surface area contributed by atoms with Crippen molar-refractivity contribution < 1.29 is 13.2 Å². The molecular weight excluding hydrogens is 321 g/mol. The zero-order chi connectivity index (χ0) is 17.6. The van der Waals surface area contributed by atoms with Gasteiger partial charge in [-0.3, -0.25) is 0 Å². The second kappa shape index (κ2) is 8.91. The molecule has 0 amide bonds. The van der Waals surface area contributed by atoms with E-state index in [2.05, 4.69) is 0 Å². The first-order chi connectivity index (χ1) is 12.2. The molecule has 0 spiro atoms. The molecule has 0 heterocycles. The summed E-state index contributed by atoms with van der Waals surface area (Å²) in [5, 5.41) is 0. The van der Waals surface area contributed by atoms with Crippen molar-refractivity contribution >= 4 is 0 Å². The van der Waals surface area contributed by atoms with Crippen LogP contribution in [-0.4, -0.2) is 0 Å². The summed E-state index contributed by atoms with van der Waals surface area (Å²) in [7, 11) is 0. The van der Waals surface area contributed by atoms with Crippen molar-refractivity contribution in [3.8, 4) is 0 Å². The fourth-order valence-electron chi connectivity index (χ4n) is 4.79. The molecule has 0 unspecified atom stereocenters. The highest BCUT2D eigenvalue weighted by Crippen LogP contribution is 2.40. The van der Waals surface area contributed by atoms with Crippen LogP contribution in [0.3, 0.4) is 0 Å². The first kappa shape index (κ1) is 18.5. The fraction of sp³-hybridized carbons (Fsp3) is 0.636. The Bertz CT molecular complexity index is 565. The van der Waals surface area contributed by atoms with Gasteiger partial charge in [-0.05, 0) is 92.7 Å². The van der Waals surface area contributed by atoms with Crippen LogP contribution in [0.5, 0.6) is 0 Å². The molecule has 0 saturated heterocycles. The molecule has 25 heavy (non-hydrogen) atoms. The summed E-state index contributed by atoms with van der Waals surface area (Å²) in [6.45, 7) is 0. The average Bonchev–Trinajstić information content (AvgIpc) is 2.64. The zero-order valence-corrected chi connectivity index (χ0v) is 14.9. The minimum absolute atomic E-state index is 0.384. The Balaban J connectivity index is 1.39. The number of allylic oxidation sites excluding steroid dienone is 1. The molecule has 2 saturated carbocycles. The van der Waals surface area contributed by atoms with E-state index < -0.39 is 11.6 Å². The highest BCUT2D eigenvalue weighted by molar-refractivity contribution is 5.22. The third-order valence-electron chi connectivity index (χ3n) is 6.48. The van der Waals surface area contributed by atoms with E-state index in [4.69, 9.17) is 0 Å². The second-order valence-electron chi connectivity index (χ2n) is 8.07. The normalized spacial score (nSPS) is 30.7. The molecule has 0 radical (unpaired) electrons. The number of benzene rings is 1. The number of rotatable bonds is 5. The molecule has 0 N–H and O–H groups in total. The fourth-order valence-corrected chi connectivity index (χ4v) is 4.79. The topological polar surface area (TPSA) is 0 Å². The van der Waals surface area contributed by atoms with Crippen LogP contribution >= 0.6 is 0 Å². The van der Waals surface area contributed by atoms with Gasteiger partial charge in [0.15, 0.2) is 11.6 Å². The first-order valence-corrected chi connectivity index (χ1v) is 9.87. The van der Waals surface area contributed by atoms with Crippen molar-refractivity contribution in [1.82, 2.24) is 0 Å². The summed E-state index contributed by atoms with van der Waals surface area (Å²) in [6.07, 6.45) is 14.3. The van der Waals surface area contributed by atoms with Gasteiger partial charge in [0, 0.05) is 0 Å². The van der Waals surface area contributed by atoms with E-state index in [1.807, 2.05) is 0 Å². The van der Waals surface area contributed by atoms with Gasteiger partial charge in [-0.1, -0.05) is 25.0 Å². The Morgan fingerprint density at radius 1 is 0.800 bits per heavy atom. The van der Waals surface area contributed by atoms with Crippen molar-refractivity contribution in [2.45, 2.75) is 70.1 Å². The van der Waals surface area contributed by atoms with Gasteiger partial charge in [0.05, 0.1) is 6.33 Å². The van der Waals surface area contributed by atoms with Gasteiger partial charge in [0.1, 0.15) is 0 Å². The maximum absolute atomic E-state index is 13.4. The highest BCUT2D eigenvalue weighted by atomic mass is 19.2. The zero-order valence-electron chi connectivity index (χ0n) is 14.9. The largest absolute Gasteiger partial charge is 0.216 e. The third kappa shape index (κ3) is 5.12. The van der Waals surface area contributed by atoms with E-state index in [1.54, 1.807) is 12.1 Å². The van der Waals surface area contributed by atoms with Gasteiger partial charge in [-0.2, -0.15) is 0 Å². The molecule has 3 heteroatoms. The predicted molar refractivity (Wildman–Crippen MR) is 96.0 cm³/mol. The van der Waals surface area contributed by atoms with Crippen LogP contribution in [0.1, 0.15) is 75.7 Å². The molecule has 0 bridgehead atoms. The quantitative estimate of drug-likeness (QED) is 0.522. The van der Waals surface area contributed by atoms with Gasteiger partial charge in [0.2, 0.25) is 0 Å². The summed E-state index contributed by atoms with van der Waals surface area (Å²) < 4.78 is 38.7. The van der Waals surface area contributed by atoms with Gasteiger partial charge in [-0.25, -0.2) is 13.2 Å². The number of halogens is 3. The van der Waals surface area contributed by atoms with E-state index in [1.165, 1.54) is 50.7 Å². The van der Waals surface area contributed by atoms with Crippen LogP contribution in [-0.2, 0) is 0 Å². The smallest absolute Gasteiger partial charge is 0.159 e. The second-order valence-corrected chi connectivity index (χ2v) is 8.07. The van der Waals surface area contributed by atoms with Gasteiger partial charge in [0.25, 0.3) is 0 Å². The lowest BCUT2D eigenvalue weighted by atomic mass is 9.74. The summed E-state index contributed by atoms with van der Waals surface area (Å²) in [5.74, 6) is 0.951. The molecule has 1 aromatic rings. The van der Waals surface area contributed by atoms with Crippen LogP contribution < -0.4 is 0 Å². The molecule has 2 aliphatic rings. The third-order valence-corrected chi connectivity index (χ3v) is 6.48. The predicted octanol–water partition coefficient (Wildman–Crippen LogP) is 7.31. The van der Waals surface area contributed by atoms with Crippen LogP contribution in [0.25, 0.3) is 0 Å². The van der Waals surface area contributed by atoms with Crippen LogP contribution in [0.15, 0.2) is 30.6 Å². The molecule has 0 aliphatic heterocycles. The van der Waals surface area contributed by atoms with E-state index in [0.29, 0.717) is 18.2 Å². The van der Waals surface area contributed by atoms with Gasteiger partial charge < -0.3 is 0 Å². The molecule has 0 atom stereocenters. The van der Waals surface area contributed by atoms with Crippen LogP contribution in [0.2, 0.25) is 0 Å². The Labute approximate surface area is 149 Å². The maximum atomic E-state index is 13.4. The van der Waals surface area contributed by atoms with Crippen molar-refractivity contribution in [3.63, 3.8) is 0 Å². The van der Waals surface area contributed by atoms with E-state index >= 15 is 0 Å². The van der Waals surface area contributed by atoms with E-state index in [0.717, 1.165) is 43.1 Å². The standard InChI is InChI=1S/C22H29F3/c23-14-13-18-5-3-16(4-6-18)1-2-17-7-9-19(10-8-17)20-11-12-21(24)22(25)15-20/h11-19H,1-10H2. The molecule has 138 valence electrons. The Morgan fingerprint density at radius 3 is 1.96 bits per heavy atom. The lowest BCUT2D eigenvalue weighted by Gasteiger charge is -2.31. The number of hydrogen-bond acceptors (Lipinski definition) is 0. The molecule has 2 fully saturated rings. The summed E-state index contributed by atoms with van der Waals surface area (Å²) in [4.78, 5) is 0. The maximum Gasteiger partial charge on any atom is 0.159 e. The van der Waals surface area contributed by atoms with Crippen LogP contribution in [0, 0.1) is 29.4 Å². The average molecular weight is 350 g/mol. The summed E-state index contributed by atoms with van der Waals surface area (Å²) in [6, 6.07) is 4.38. The minimum atomic E-state index is -0.755. The first-order valence-electron chi connectivity index (χ1n) is 9.87. The lowest BCUT2D eigenvalue weighted by Crippen LogP contribution is -2.17. The molecule has 1 aromatic carbocycles. The lowest BCUT2D eigenvalue weighted by molar-refractivity contribution is 0.245. The van der Waals surface area contributed by atoms with E-state index in [9.17, 15) is 13.2 Å². The highest BCUT2D eigenvalue weighted by Gasteiger charge is 2.25. The Morgan fingerprint density at radius 2 is 1.40 bits per heavy atom. The van der Waals surface area contributed by atoms with Crippen molar-refractivity contribution in [3.05, 3.63) is 47.8 Å². The molecular formula is C22H29F3. The van der Waals surface area contributed by atoms with Crippen LogP contribution in [0.4, 0.5) is 13.2 Å². The summed E-state index contributed by atoms with van der Waals surface area (Å²) >= 11 is 0.